The zero-order chi connectivity index (χ0) is 18.1. The Morgan fingerprint density at radius 3 is 2.73 bits per heavy atom. The Kier molecular flexibility index (Phi) is 4.63. The summed E-state index contributed by atoms with van der Waals surface area (Å²) in [6, 6.07) is 7.30. The van der Waals surface area contributed by atoms with Gasteiger partial charge in [0, 0.05) is 24.6 Å². The molecule has 0 spiro atoms. The van der Waals surface area contributed by atoms with E-state index < -0.39 is 0 Å². The number of nitrogens with zero attached hydrogens (tertiary/aromatic N) is 5. The number of methoxy groups -OCH3 is 1. The molecule has 1 aromatic carbocycles. The van der Waals surface area contributed by atoms with Crippen LogP contribution in [-0.2, 0) is 13.1 Å². The van der Waals surface area contributed by atoms with Crippen molar-refractivity contribution < 1.29 is 9.53 Å². The van der Waals surface area contributed by atoms with Gasteiger partial charge in [0.2, 0.25) is 0 Å². The standard InChI is InChI=1S/C19H25N5O2/c1-22-8-6-14(7-9-22)18-21-20-17-13-23(10-11-24(17)18)19(25)15-4-3-5-16(12-15)26-2/h3-5,12,14H,6-11,13H2,1-2H3. The first-order valence-corrected chi connectivity index (χ1v) is 9.19. The lowest BCUT2D eigenvalue weighted by atomic mass is 9.96. The van der Waals surface area contributed by atoms with E-state index in [-0.39, 0.29) is 5.91 Å². The molecular formula is C19H25N5O2. The van der Waals surface area contributed by atoms with Crippen LogP contribution in [0, 0.1) is 0 Å². The fraction of sp³-hybridized carbons (Fsp3) is 0.526. The highest BCUT2D eigenvalue weighted by Crippen LogP contribution is 2.28. The summed E-state index contributed by atoms with van der Waals surface area (Å²) < 4.78 is 7.45. The van der Waals surface area contributed by atoms with Crippen molar-refractivity contribution in [2.75, 3.05) is 33.8 Å². The number of hydrogen-bond donors (Lipinski definition) is 0. The average Bonchev–Trinajstić information content (AvgIpc) is 3.11. The molecule has 0 atom stereocenters. The van der Waals surface area contributed by atoms with Crippen LogP contribution in [0.25, 0.3) is 0 Å². The van der Waals surface area contributed by atoms with Gasteiger partial charge in [-0.3, -0.25) is 4.79 Å². The maximum Gasteiger partial charge on any atom is 0.254 e. The lowest BCUT2D eigenvalue weighted by molar-refractivity contribution is 0.0705. The Morgan fingerprint density at radius 2 is 1.96 bits per heavy atom. The van der Waals surface area contributed by atoms with Crippen molar-refractivity contribution in [3.05, 3.63) is 41.5 Å². The zero-order valence-electron chi connectivity index (χ0n) is 15.4. The molecule has 1 amide bonds. The molecule has 0 aliphatic carbocycles. The van der Waals surface area contributed by atoms with E-state index in [1.165, 1.54) is 0 Å². The third-order valence-electron chi connectivity index (χ3n) is 5.47. The molecule has 4 rings (SSSR count). The highest BCUT2D eigenvalue weighted by Gasteiger charge is 2.29. The number of aromatic nitrogens is 3. The second kappa shape index (κ2) is 7.07. The van der Waals surface area contributed by atoms with Crippen molar-refractivity contribution in [3.63, 3.8) is 0 Å². The summed E-state index contributed by atoms with van der Waals surface area (Å²) in [6.45, 7) is 4.16. The number of carbonyl (C=O) groups is 1. The molecule has 0 bridgehead atoms. The van der Waals surface area contributed by atoms with Gasteiger partial charge in [-0.1, -0.05) is 6.07 Å². The molecular weight excluding hydrogens is 330 g/mol. The number of hydrogen-bond acceptors (Lipinski definition) is 5. The minimum absolute atomic E-state index is 0.0130. The van der Waals surface area contributed by atoms with Gasteiger partial charge in [-0.25, -0.2) is 0 Å². The molecule has 26 heavy (non-hydrogen) atoms. The quantitative estimate of drug-likeness (QED) is 0.839. The van der Waals surface area contributed by atoms with Crippen molar-refractivity contribution in [1.29, 1.82) is 0 Å². The summed E-state index contributed by atoms with van der Waals surface area (Å²) in [5, 5.41) is 8.87. The van der Waals surface area contributed by atoms with Crippen LogP contribution in [0.5, 0.6) is 5.75 Å². The summed E-state index contributed by atoms with van der Waals surface area (Å²) >= 11 is 0. The van der Waals surface area contributed by atoms with E-state index in [2.05, 4.69) is 26.7 Å². The van der Waals surface area contributed by atoms with E-state index in [1.54, 1.807) is 13.2 Å². The second-order valence-corrected chi connectivity index (χ2v) is 7.16. The van der Waals surface area contributed by atoms with Crippen LogP contribution >= 0.6 is 0 Å². The van der Waals surface area contributed by atoms with Gasteiger partial charge in [0.05, 0.1) is 13.7 Å². The van der Waals surface area contributed by atoms with Gasteiger partial charge in [0.25, 0.3) is 5.91 Å². The van der Waals surface area contributed by atoms with Crippen molar-refractivity contribution in [1.82, 2.24) is 24.6 Å². The molecule has 1 aromatic heterocycles. The third kappa shape index (κ3) is 3.19. The minimum atomic E-state index is 0.0130. The minimum Gasteiger partial charge on any atom is -0.497 e. The molecule has 0 N–H and O–H groups in total. The van der Waals surface area contributed by atoms with Crippen LogP contribution in [0.15, 0.2) is 24.3 Å². The molecule has 2 aromatic rings. The lowest BCUT2D eigenvalue weighted by Crippen LogP contribution is -2.39. The zero-order valence-corrected chi connectivity index (χ0v) is 15.4. The van der Waals surface area contributed by atoms with E-state index in [0.717, 1.165) is 44.1 Å². The number of rotatable bonds is 3. The molecule has 2 aliphatic heterocycles. The first-order chi connectivity index (χ1) is 12.7. The molecule has 3 heterocycles. The van der Waals surface area contributed by atoms with Gasteiger partial charge in [0.1, 0.15) is 11.6 Å². The van der Waals surface area contributed by atoms with Crippen LogP contribution in [0.2, 0.25) is 0 Å². The maximum atomic E-state index is 12.8. The van der Waals surface area contributed by atoms with Crippen molar-refractivity contribution in [2.24, 2.45) is 0 Å². The van der Waals surface area contributed by atoms with Gasteiger partial charge in [-0.2, -0.15) is 0 Å². The second-order valence-electron chi connectivity index (χ2n) is 7.16. The molecule has 138 valence electrons. The fourth-order valence-corrected chi connectivity index (χ4v) is 3.86. The highest BCUT2D eigenvalue weighted by atomic mass is 16.5. The summed E-state index contributed by atoms with van der Waals surface area (Å²) in [7, 11) is 3.77. The molecule has 0 unspecified atom stereocenters. The van der Waals surface area contributed by atoms with E-state index in [1.807, 2.05) is 23.1 Å². The van der Waals surface area contributed by atoms with Gasteiger partial charge in [-0.05, 0) is 51.2 Å². The highest BCUT2D eigenvalue weighted by molar-refractivity contribution is 5.94. The number of fused-ring (bicyclic) bond motifs is 1. The molecule has 0 saturated carbocycles. The molecule has 2 aliphatic rings. The smallest absolute Gasteiger partial charge is 0.254 e. The summed E-state index contributed by atoms with van der Waals surface area (Å²) in [5.41, 5.74) is 0.646. The number of benzene rings is 1. The normalized spacial score (nSPS) is 18.6. The van der Waals surface area contributed by atoms with Crippen LogP contribution in [-0.4, -0.2) is 64.3 Å². The van der Waals surface area contributed by atoms with Crippen LogP contribution < -0.4 is 4.74 Å². The molecule has 7 nitrogen and oxygen atoms in total. The topological polar surface area (TPSA) is 63.5 Å². The van der Waals surface area contributed by atoms with Crippen molar-refractivity contribution in [2.45, 2.75) is 31.8 Å². The number of amides is 1. The summed E-state index contributed by atoms with van der Waals surface area (Å²) in [4.78, 5) is 17.0. The van der Waals surface area contributed by atoms with Gasteiger partial charge in [-0.15, -0.1) is 10.2 Å². The summed E-state index contributed by atoms with van der Waals surface area (Å²) in [5.74, 6) is 3.18. The Morgan fingerprint density at radius 1 is 1.15 bits per heavy atom. The van der Waals surface area contributed by atoms with E-state index >= 15 is 0 Å². The number of carbonyl (C=O) groups excluding carboxylic acids is 1. The predicted octanol–water partition coefficient (Wildman–Crippen LogP) is 1.75. The van der Waals surface area contributed by atoms with E-state index in [4.69, 9.17) is 4.74 Å². The van der Waals surface area contributed by atoms with E-state index in [9.17, 15) is 4.79 Å². The maximum absolute atomic E-state index is 12.8. The molecule has 7 heteroatoms. The Balaban J connectivity index is 1.49. The van der Waals surface area contributed by atoms with Gasteiger partial charge in [0.15, 0.2) is 5.82 Å². The van der Waals surface area contributed by atoms with Crippen molar-refractivity contribution >= 4 is 5.91 Å². The SMILES string of the molecule is COc1cccc(C(=O)N2CCn3c(nnc3C3CCN(C)CC3)C2)c1. The number of piperidine rings is 1. The average molecular weight is 355 g/mol. The lowest BCUT2D eigenvalue weighted by Gasteiger charge is -2.31. The van der Waals surface area contributed by atoms with E-state index in [0.29, 0.717) is 30.3 Å². The van der Waals surface area contributed by atoms with Crippen molar-refractivity contribution in [3.8, 4) is 5.75 Å². The first kappa shape index (κ1) is 17.0. The monoisotopic (exact) mass is 355 g/mol. The van der Waals surface area contributed by atoms with Gasteiger partial charge < -0.3 is 19.1 Å². The summed E-state index contributed by atoms with van der Waals surface area (Å²) in [6.07, 6.45) is 2.25. The number of ether oxygens (including phenoxy) is 1. The van der Waals surface area contributed by atoms with Crippen LogP contribution in [0.1, 0.15) is 40.8 Å². The molecule has 1 saturated heterocycles. The molecule has 1 fully saturated rings. The largest absolute Gasteiger partial charge is 0.497 e. The Labute approximate surface area is 153 Å². The Bertz CT molecular complexity index is 795. The first-order valence-electron chi connectivity index (χ1n) is 9.19. The predicted molar refractivity (Wildman–Crippen MR) is 97.2 cm³/mol. The number of likely N-dealkylation sites (tertiary alicyclic amines) is 1. The van der Waals surface area contributed by atoms with Crippen LogP contribution in [0.4, 0.5) is 0 Å². The van der Waals surface area contributed by atoms with Crippen LogP contribution in [0.3, 0.4) is 0 Å². The Hall–Kier alpha value is -2.41. The third-order valence-corrected chi connectivity index (χ3v) is 5.47. The fourth-order valence-electron chi connectivity index (χ4n) is 3.86. The van der Waals surface area contributed by atoms with Gasteiger partial charge >= 0.3 is 0 Å². The molecule has 0 radical (unpaired) electrons.